The molecule has 0 aromatic heterocycles. The van der Waals surface area contributed by atoms with Gasteiger partial charge in [0.1, 0.15) is 12.4 Å². The lowest BCUT2D eigenvalue weighted by Crippen LogP contribution is -2.52. The zero-order chi connectivity index (χ0) is 15.4. The molecule has 1 saturated carbocycles. The Morgan fingerprint density at radius 1 is 1.18 bits per heavy atom. The molecule has 1 aliphatic heterocycles. The van der Waals surface area contributed by atoms with Crippen LogP contribution in [0, 0.1) is 0 Å². The molecule has 3 rings (SSSR count). The number of rotatable bonds is 5. The molecule has 0 bridgehead atoms. The summed E-state index contributed by atoms with van der Waals surface area (Å²) in [5.41, 5.74) is 0. The van der Waals surface area contributed by atoms with Crippen LogP contribution in [0.2, 0.25) is 5.02 Å². The van der Waals surface area contributed by atoms with Crippen LogP contribution in [-0.2, 0) is 0 Å². The third-order valence-electron chi connectivity index (χ3n) is 4.05. The van der Waals surface area contributed by atoms with Crippen molar-refractivity contribution in [3.8, 4) is 5.75 Å². The lowest BCUT2D eigenvalue weighted by molar-refractivity contribution is 0.153. The molecule has 4 nitrogen and oxygen atoms in total. The first-order valence-corrected chi connectivity index (χ1v) is 8.65. The molecule has 0 amide bonds. The van der Waals surface area contributed by atoms with E-state index >= 15 is 0 Å². The third kappa shape index (κ3) is 4.73. The van der Waals surface area contributed by atoms with Crippen molar-refractivity contribution in [2.24, 2.45) is 0 Å². The number of benzene rings is 1. The van der Waals surface area contributed by atoms with Gasteiger partial charge < -0.3 is 15.0 Å². The normalized spacial score (nSPS) is 19.0. The van der Waals surface area contributed by atoms with Gasteiger partial charge in [-0.3, -0.25) is 4.90 Å². The van der Waals surface area contributed by atoms with Gasteiger partial charge in [-0.05, 0) is 49.3 Å². The molecule has 1 aromatic rings. The number of halogens is 1. The Hall–Kier alpha value is -1.04. The Balaban J connectivity index is 1.33. The number of piperazine rings is 1. The molecule has 6 heteroatoms. The van der Waals surface area contributed by atoms with E-state index in [0.29, 0.717) is 12.6 Å². The topological polar surface area (TPSA) is 27.7 Å². The Morgan fingerprint density at radius 2 is 1.86 bits per heavy atom. The van der Waals surface area contributed by atoms with E-state index < -0.39 is 0 Å². The van der Waals surface area contributed by atoms with Gasteiger partial charge in [0.15, 0.2) is 5.11 Å². The number of hydrogen-bond donors (Lipinski definition) is 1. The molecule has 22 heavy (non-hydrogen) atoms. The van der Waals surface area contributed by atoms with Crippen LogP contribution in [0.5, 0.6) is 5.75 Å². The van der Waals surface area contributed by atoms with Crippen LogP contribution in [0.4, 0.5) is 0 Å². The van der Waals surface area contributed by atoms with Gasteiger partial charge in [0, 0.05) is 43.8 Å². The molecule has 1 saturated heterocycles. The fraction of sp³-hybridized carbons (Fsp3) is 0.562. The van der Waals surface area contributed by atoms with Gasteiger partial charge in [-0.2, -0.15) is 0 Å². The highest BCUT2D eigenvalue weighted by Gasteiger charge is 2.25. The molecular weight excluding hydrogens is 318 g/mol. The molecule has 1 aromatic carbocycles. The van der Waals surface area contributed by atoms with Crippen LogP contribution in [0.1, 0.15) is 12.8 Å². The van der Waals surface area contributed by atoms with Crippen LogP contribution in [0.15, 0.2) is 24.3 Å². The van der Waals surface area contributed by atoms with E-state index in [4.69, 9.17) is 28.6 Å². The smallest absolute Gasteiger partial charge is 0.169 e. The van der Waals surface area contributed by atoms with Gasteiger partial charge in [-0.15, -0.1) is 0 Å². The number of nitrogens with zero attached hydrogens (tertiary/aromatic N) is 2. The van der Waals surface area contributed by atoms with Crippen LogP contribution in [-0.4, -0.2) is 60.3 Å². The molecule has 2 fully saturated rings. The molecule has 1 heterocycles. The van der Waals surface area contributed by atoms with E-state index in [-0.39, 0.29) is 0 Å². The van der Waals surface area contributed by atoms with Gasteiger partial charge in [-0.1, -0.05) is 11.6 Å². The predicted octanol–water partition coefficient (Wildman–Crippen LogP) is 2.37. The Morgan fingerprint density at radius 3 is 2.50 bits per heavy atom. The monoisotopic (exact) mass is 339 g/mol. The first kappa shape index (κ1) is 15.8. The quantitative estimate of drug-likeness (QED) is 0.831. The minimum Gasteiger partial charge on any atom is -0.492 e. The summed E-state index contributed by atoms with van der Waals surface area (Å²) in [4.78, 5) is 4.70. The highest BCUT2D eigenvalue weighted by Crippen LogP contribution is 2.19. The fourth-order valence-electron chi connectivity index (χ4n) is 2.49. The number of ether oxygens (including phenoxy) is 1. The maximum atomic E-state index is 5.86. The summed E-state index contributed by atoms with van der Waals surface area (Å²) in [5.74, 6) is 0.873. The van der Waals surface area contributed by atoms with E-state index in [2.05, 4.69) is 15.1 Å². The maximum absolute atomic E-state index is 5.86. The fourth-order valence-corrected chi connectivity index (χ4v) is 2.97. The van der Waals surface area contributed by atoms with Gasteiger partial charge in [0.25, 0.3) is 0 Å². The summed E-state index contributed by atoms with van der Waals surface area (Å²) in [6.07, 6.45) is 2.53. The summed E-state index contributed by atoms with van der Waals surface area (Å²) in [6.45, 7) is 5.72. The van der Waals surface area contributed by atoms with E-state index in [1.54, 1.807) is 0 Å². The predicted molar refractivity (Wildman–Crippen MR) is 93.7 cm³/mol. The van der Waals surface area contributed by atoms with Crippen LogP contribution in [0.3, 0.4) is 0 Å². The van der Waals surface area contributed by atoms with Gasteiger partial charge in [0.05, 0.1) is 0 Å². The second-order valence-corrected chi connectivity index (χ2v) is 6.68. The van der Waals surface area contributed by atoms with Gasteiger partial charge >= 0.3 is 0 Å². The second kappa shape index (κ2) is 7.49. The molecule has 120 valence electrons. The van der Waals surface area contributed by atoms with Crippen molar-refractivity contribution < 1.29 is 4.74 Å². The van der Waals surface area contributed by atoms with Crippen molar-refractivity contribution in [1.82, 2.24) is 15.1 Å². The highest BCUT2D eigenvalue weighted by molar-refractivity contribution is 7.80. The van der Waals surface area contributed by atoms with Crippen molar-refractivity contribution >= 4 is 28.9 Å². The number of nitrogens with one attached hydrogen (secondary N) is 1. The molecule has 1 N–H and O–H groups in total. The SMILES string of the molecule is S=C(NC1CC1)N1CCN(CCOc2ccc(Cl)cc2)CC1. The van der Waals surface area contributed by atoms with Crippen LogP contribution < -0.4 is 10.1 Å². The van der Waals surface area contributed by atoms with E-state index in [1.807, 2.05) is 24.3 Å². The van der Waals surface area contributed by atoms with Crippen molar-refractivity contribution in [1.29, 1.82) is 0 Å². The van der Waals surface area contributed by atoms with Crippen LogP contribution in [0.25, 0.3) is 0 Å². The highest BCUT2D eigenvalue weighted by atomic mass is 35.5. The average molecular weight is 340 g/mol. The molecule has 0 unspecified atom stereocenters. The molecule has 1 aliphatic carbocycles. The van der Waals surface area contributed by atoms with E-state index in [0.717, 1.165) is 48.6 Å². The number of thiocarbonyl (C=S) groups is 1. The minimum absolute atomic E-state index is 0.637. The third-order valence-corrected chi connectivity index (χ3v) is 4.68. The molecule has 0 atom stereocenters. The van der Waals surface area contributed by atoms with E-state index in [9.17, 15) is 0 Å². The van der Waals surface area contributed by atoms with Crippen LogP contribution >= 0.6 is 23.8 Å². The van der Waals surface area contributed by atoms with Crippen molar-refractivity contribution in [3.63, 3.8) is 0 Å². The zero-order valence-electron chi connectivity index (χ0n) is 12.6. The molecule has 0 radical (unpaired) electrons. The second-order valence-electron chi connectivity index (χ2n) is 5.85. The van der Waals surface area contributed by atoms with Gasteiger partial charge in [0.2, 0.25) is 0 Å². The standard InChI is InChI=1S/C16H22ClN3OS/c17-13-1-5-15(6-2-13)21-12-11-19-7-9-20(10-8-19)16(22)18-14-3-4-14/h1-2,5-6,14H,3-4,7-12H2,(H,18,22). The van der Waals surface area contributed by atoms with E-state index in [1.165, 1.54) is 12.8 Å². The first-order valence-electron chi connectivity index (χ1n) is 7.87. The lowest BCUT2D eigenvalue weighted by atomic mass is 10.3. The van der Waals surface area contributed by atoms with Crippen molar-refractivity contribution in [2.45, 2.75) is 18.9 Å². The largest absolute Gasteiger partial charge is 0.492 e. The summed E-state index contributed by atoms with van der Waals surface area (Å²) in [5, 5.41) is 5.08. The van der Waals surface area contributed by atoms with Gasteiger partial charge in [-0.25, -0.2) is 0 Å². The summed E-state index contributed by atoms with van der Waals surface area (Å²) < 4.78 is 5.75. The Labute approximate surface area is 142 Å². The average Bonchev–Trinajstić information content (AvgIpc) is 3.34. The molecular formula is C16H22ClN3OS. The maximum Gasteiger partial charge on any atom is 0.169 e. The Bertz CT molecular complexity index is 499. The summed E-state index contributed by atoms with van der Waals surface area (Å²) in [6, 6.07) is 8.15. The minimum atomic E-state index is 0.637. The Kier molecular flexibility index (Phi) is 5.39. The lowest BCUT2D eigenvalue weighted by Gasteiger charge is -2.36. The summed E-state index contributed by atoms with van der Waals surface area (Å²) in [7, 11) is 0. The van der Waals surface area contributed by atoms with Crippen molar-refractivity contribution in [3.05, 3.63) is 29.3 Å². The van der Waals surface area contributed by atoms with Crippen molar-refractivity contribution in [2.75, 3.05) is 39.3 Å². The zero-order valence-corrected chi connectivity index (χ0v) is 14.2. The molecule has 2 aliphatic rings. The summed E-state index contributed by atoms with van der Waals surface area (Å²) >= 11 is 11.3. The number of hydrogen-bond acceptors (Lipinski definition) is 3. The molecule has 0 spiro atoms. The first-order chi connectivity index (χ1) is 10.7.